The van der Waals surface area contributed by atoms with Crippen LogP contribution in [0, 0.1) is 0 Å². The molecule has 0 radical (unpaired) electrons. The zero-order valence-corrected chi connectivity index (χ0v) is 18.9. The average Bonchev–Trinajstić information content (AvgIpc) is 2.85. The number of fused-ring (bicyclic) bond motifs is 1. The minimum Gasteiger partial charge on any atom is -0.497 e. The number of aromatic amines is 1. The predicted octanol–water partition coefficient (Wildman–Crippen LogP) is 3.38. The summed E-state index contributed by atoms with van der Waals surface area (Å²) >= 11 is 6.01. The number of H-pyrrole nitrogens is 1. The van der Waals surface area contributed by atoms with Gasteiger partial charge >= 0.3 is 0 Å². The average molecular weight is 477 g/mol. The molecule has 9 heteroatoms. The summed E-state index contributed by atoms with van der Waals surface area (Å²) in [5.74, 6) is 0.193. The van der Waals surface area contributed by atoms with Crippen molar-refractivity contribution in [2.75, 3.05) is 7.11 Å². The van der Waals surface area contributed by atoms with Crippen molar-refractivity contribution in [3.63, 3.8) is 0 Å². The standard InChI is InChI=1S/C25H21ClN4O4/c1-34-18-10-7-16(8-11-18)24(32)22(30-29-21(31)13-15-5-3-2-4-6-15)23-25(33)28-20-14-17(26)9-12-19(20)27-23/h2-12,14,24,32H,13H2,1H3,(H,28,33)(H,29,31)/b30-22+/t24-/m0/s1. The molecule has 0 aliphatic carbocycles. The highest BCUT2D eigenvalue weighted by Gasteiger charge is 2.23. The fourth-order valence-electron chi connectivity index (χ4n) is 3.36. The van der Waals surface area contributed by atoms with Crippen LogP contribution in [0.1, 0.15) is 22.9 Å². The van der Waals surface area contributed by atoms with Gasteiger partial charge in [0.15, 0.2) is 5.69 Å². The number of methoxy groups -OCH3 is 1. The molecule has 1 atom stereocenters. The number of rotatable bonds is 7. The van der Waals surface area contributed by atoms with Crippen LogP contribution in [-0.2, 0) is 11.2 Å². The van der Waals surface area contributed by atoms with Gasteiger partial charge in [-0.15, -0.1) is 0 Å². The van der Waals surface area contributed by atoms with Crippen molar-refractivity contribution < 1.29 is 14.6 Å². The normalized spacial score (nSPS) is 12.4. The Morgan fingerprint density at radius 1 is 1.15 bits per heavy atom. The van der Waals surface area contributed by atoms with Crippen molar-refractivity contribution >= 4 is 34.3 Å². The number of nitrogens with zero attached hydrogens (tertiary/aromatic N) is 2. The summed E-state index contributed by atoms with van der Waals surface area (Å²) in [6.07, 6.45) is -1.27. The first-order valence-electron chi connectivity index (χ1n) is 10.4. The number of benzene rings is 3. The molecule has 1 heterocycles. The Morgan fingerprint density at radius 3 is 2.59 bits per heavy atom. The first kappa shape index (κ1) is 23.2. The Kier molecular flexibility index (Phi) is 7.01. The zero-order chi connectivity index (χ0) is 24.1. The number of aliphatic hydroxyl groups excluding tert-OH is 1. The molecule has 3 aromatic carbocycles. The molecule has 0 fully saturated rings. The molecular formula is C25H21ClN4O4. The smallest absolute Gasteiger partial charge is 0.276 e. The van der Waals surface area contributed by atoms with Gasteiger partial charge < -0.3 is 14.8 Å². The van der Waals surface area contributed by atoms with E-state index in [9.17, 15) is 14.7 Å². The van der Waals surface area contributed by atoms with Gasteiger partial charge in [-0.05, 0) is 41.5 Å². The van der Waals surface area contributed by atoms with Gasteiger partial charge in [0.05, 0.1) is 24.6 Å². The number of hydrogen-bond donors (Lipinski definition) is 3. The van der Waals surface area contributed by atoms with Crippen LogP contribution in [-0.4, -0.2) is 33.8 Å². The lowest BCUT2D eigenvalue weighted by Crippen LogP contribution is -2.29. The Balaban J connectivity index is 1.72. The van der Waals surface area contributed by atoms with Crippen molar-refractivity contribution in [3.05, 3.63) is 105 Å². The van der Waals surface area contributed by atoms with E-state index in [1.54, 1.807) is 42.5 Å². The summed E-state index contributed by atoms with van der Waals surface area (Å²) in [6.45, 7) is 0. The molecule has 1 aromatic heterocycles. The van der Waals surface area contributed by atoms with Gasteiger partial charge in [0.2, 0.25) is 5.91 Å². The number of nitrogens with one attached hydrogen (secondary N) is 2. The molecule has 3 N–H and O–H groups in total. The molecule has 1 amide bonds. The number of carbonyl (C=O) groups is 1. The van der Waals surface area contributed by atoms with E-state index in [0.717, 1.165) is 5.56 Å². The largest absolute Gasteiger partial charge is 0.497 e. The molecule has 0 aliphatic heterocycles. The van der Waals surface area contributed by atoms with Gasteiger partial charge in [0.25, 0.3) is 5.56 Å². The number of aromatic nitrogens is 2. The Morgan fingerprint density at radius 2 is 1.88 bits per heavy atom. The first-order chi connectivity index (χ1) is 16.4. The molecule has 0 spiro atoms. The Bertz CT molecular complexity index is 1400. The number of hydrogen-bond acceptors (Lipinski definition) is 6. The molecule has 0 saturated heterocycles. The highest BCUT2D eigenvalue weighted by molar-refractivity contribution is 6.31. The number of amides is 1. The van der Waals surface area contributed by atoms with Crippen LogP contribution in [0.2, 0.25) is 5.02 Å². The maximum Gasteiger partial charge on any atom is 0.276 e. The van der Waals surface area contributed by atoms with Crippen LogP contribution in [0.5, 0.6) is 5.75 Å². The van der Waals surface area contributed by atoms with Crippen LogP contribution in [0.3, 0.4) is 0 Å². The molecule has 34 heavy (non-hydrogen) atoms. The topological polar surface area (TPSA) is 117 Å². The summed E-state index contributed by atoms with van der Waals surface area (Å²) < 4.78 is 5.16. The molecule has 8 nitrogen and oxygen atoms in total. The summed E-state index contributed by atoms with van der Waals surface area (Å²) in [4.78, 5) is 32.5. The lowest BCUT2D eigenvalue weighted by molar-refractivity contribution is -0.120. The van der Waals surface area contributed by atoms with Gasteiger partial charge in [-0.25, -0.2) is 10.4 Å². The molecular weight excluding hydrogens is 456 g/mol. The number of aliphatic hydroxyl groups is 1. The van der Waals surface area contributed by atoms with Crippen LogP contribution < -0.4 is 15.7 Å². The van der Waals surface area contributed by atoms with Crippen molar-refractivity contribution in [2.24, 2.45) is 5.10 Å². The predicted molar refractivity (Wildman–Crippen MR) is 130 cm³/mol. The van der Waals surface area contributed by atoms with Crippen LogP contribution in [0.15, 0.2) is 82.7 Å². The molecule has 4 rings (SSSR count). The van der Waals surface area contributed by atoms with E-state index in [-0.39, 0.29) is 17.8 Å². The first-order valence-corrected chi connectivity index (χ1v) is 10.7. The zero-order valence-electron chi connectivity index (χ0n) is 18.2. The fraction of sp³-hybridized carbons (Fsp3) is 0.120. The Hall–Kier alpha value is -4.01. The fourth-order valence-corrected chi connectivity index (χ4v) is 3.54. The van der Waals surface area contributed by atoms with E-state index < -0.39 is 17.6 Å². The molecule has 0 unspecified atom stereocenters. The summed E-state index contributed by atoms with van der Waals surface area (Å²) in [5.41, 5.74) is 3.74. The van der Waals surface area contributed by atoms with Gasteiger partial charge in [-0.3, -0.25) is 9.59 Å². The van der Waals surface area contributed by atoms with Gasteiger partial charge in [-0.2, -0.15) is 5.10 Å². The maximum absolute atomic E-state index is 12.9. The number of hydrazone groups is 1. The van der Waals surface area contributed by atoms with E-state index in [4.69, 9.17) is 16.3 Å². The molecule has 0 aliphatic rings. The van der Waals surface area contributed by atoms with Crippen molar-refractivity contribution in [2.45, 2.75) is 12.5 Å². The number of ether oxygens (including phenoxy) is 1. The molecule has 0 bridgehead atoms. The second-order valence-corrected chi connectivity index (χ2v) is 7.88. The number of halogens is 1. The van der Waals surface area contributed by atoms with Gasteiger partial charge in [0, 0.05) is 5.02 Å². The SMILES string of the molecule is COc1ccc([C@H](O)/C(=N/NC(=O)Cc2ccccc2)c2nc3ccc(Cl)cc3[nH]c2=O)cc1. The van der Waals surface area contributed by atoms with E-state index >= 15 is 0 Å². The highest BCUT2D eigenvalue weighted by atomic mass is 35.5. The Labute approximate surface area is 199 Å². The molecule has 0 saturated carbocycles. The third-order valence-electron chi connectivity index (χ3n) is 5.10. The third-order valence-corrected chi connectivity index (χ3v) is 5.33. The van der Waals surface area contributed by atoms with Gasteiger partial charge in [0.1, 0.15) is 17.6 Å². The minimum absolute atomic E-state index is 0.0796. The minimum atomic E-state index is -1.35. The second kappa shape index (κ2) is 10.3. The monoisotopic (exact) mass is 476 g/mol. The van der Waals surface area contributed by atoms with E-state index in [0.29, 0.717) is 27.4 Å². The van der Waals surface area contributed by atoms with E-state index in [1.807, 2.05) is 30.3 Å². The van der Waals surface area contributed by atoms with Crippen LogP contribution in [0.25, 0.3) is 11.0 Å². The summed E-state index contributed by atoms with van der Waals surface area (Å²) in [6, 6.07) is 20.6. The van der Waals surface area contributed by atoms with Crippen molar-refractivity contribution in [3.8, 4) is 5.75 Å². The number of carbonyl (C=O) groups excluding carboxylic acids is 1. The van der Waals surface area contributed by atoms with Gasteiger partial charge in [-0.1, -0.05) is 54.1 Å². The van der Waals surface area contributed by atoms with Crippen LogP contribution >= 0.6 is 11.6 Å². The molecule has 4 aromatic rings. The highest BCUT2D eigenvalue weighted by Crippen LogP contribution is 2.22. The lowest BCUT2D eigenvalue weighted by Gasteiger charge is -2.15. The quantitative estimate of drug-likeness (QED) is 0.279. The maximum atomic E-state index is 12.9. The lowest BCUT2D eigenvalue weighted by atomic mass is 10.0. The molecule has 172 valence electrons. The van der Waals surface area contributed by atoms with E-state index in [1.165, 1.54) is 7.11 Å². The van der Waals surface area contributed by atoms with Crippen molar-refractivity contribution in [1.29, 1.82) is 0 Å². The third kappa shape index (κ3) is 5.31. The van der Waals surface area contributed by atoms with E-state index in [2.05, 4.69) is 20.5 Å². The van der Waals surface area contributed by atoms with Crippen LogP contribution in [0.4, 0.5) is 0 Å². The summed E-state index contributed by atoms with van der Waals surface area (Å²) in [7, 11) is 1.53. The second-order valence-electron chi connectivity index (χ2n) is 7.45. The summed E-state index contributed by atoms with van der Waals surface area (Å²) in [5, 5.41) is 15.7. The van der Waals surface area contributed by atoms with Crippen molar-refractivity contribution in [1.82, 2.24) is 15.4 Å².